The van der Waals surface area contributed by atoms with Crippen LogP contribution in [0.25, 0.3) is 11.6 Å². The van der Waals surface area contributed by atoms with Gasteiger partial charge in [0.1, 0.15) is 5.75 Å². The zero-order valence-corrected chi connectivity index (χ0v) is 17.4. The van der Waals surface area contributed by atoms with Gasteiger partial charge in [0.15, 0.2) is 6.10 Å². The van der Waals surface area contributed by atoms with Gasteiger partial charge in [-0.1, -0.05) is 89.1 Å². The van der Waals surface area contributed by atoms with Crippen molar-refractivity contribution in [3.05, 3.63) is 111 Å². The van der Waals surface area contributed by atoms with Gasteiger partial charge >= 0.3 is 0 Å². The van der Waals surface area contributed by atoms with E-state index in [1.807, 2.05) is 59.3 Å². The highest BCUT2D eigenvalue weighted by Crippen LogP contribution is 2.45. The molecule has 5 rings (SSSR count). The van der Waals surface area contributed by atoms with E-state index in [4.69, 9.17) is 27.9 Å². The summed E-state index contributed by atoms with van der Waals surface area (Å²) in [5.41, 5.74) is 4.83. The van der Waals surface area contributed by atoms with Crippen molar-refractivity contribution in [1.82, 2.24) is 15.0 Å². The third kappa shape index (κ3) is 3.60. The third-order valence-electron chi connectivity index (χ3n) is 5.06. The summed E-state index contributed by atoms with van der Waals surface area (Å²) in [6.07, 6.45) is 3.49. The SMILES string of the molecule is Clc1cc(Cl)c2c(c1)C=C(c1cnnn1Cc1ccccc1)C(c1ccccc1)O2. The number of fused-ring (bicyclic) bond motifs is 1. The monoisotopic (exact) mass is 433 g/mol. The van der Waals surface area contributed by atoms with Crippen LogP contribution in [0.1, 0.15) is 28.5 Å². The van der Waals surface area contributed by atoms with Crippen molar-refractivity contribution in [1.29, 1.82) is 0 Å². The molecule has 1 aliphatic heterocycles. The van der Waals surface area contributed by atoms with Crippen molar-refractivity contribution in [2.24, 2.45) is 0 Å². The summed E-state index contributed by atoms with van der Waals surface area (Å²) in [5, 5.41) is 9.55. The van der Waals surface area contributed by atoms with Gasteiger partial charge in [-0.3, -0.25) is 0 Å². The molecular weight excluding hydrogens is 417 g/mol. The van der Waals surface area contributed by atoms with Gasteiger partial charge in [-0.15, -0.1) is 5.10 Å². The van der Waals surface area contributed by atoms with Crippen molar-refractivity contribution in [3.63, 3.8) is 0 Å². The molecule has 6 heteroatoms. The van der Waals surface area contributed by atoms with E-state index in [1.54, 1.807) is 12.3 Å². The number of nitrogens with zero attached hydrogens (tertiary/aromatic N) is 3. The third-order valence-corrected chi connectivity index (χ3v) is 5.56. The first-order chi connectivity index (χ1) is 14.7. The maximum atomic E-state index is 6.44. The lowest BCUT2D eigenvalue weighted by Gasteiger charge is -2.28. The molecule has 0 amide bonds. The molecule has 0 bridgehead atoms. The first-order valence-electron chi connectivity index (χ1n) is 9.54. The molecule has 0 saturated carbocycles. The van der Waals surface area contributed by atoms with Crippen LogP contribution in [-0.2, 0) is 6.54 Å². The Morgan fingerprint density at radius 1 is 0.933 bits per heavy atom. The molecule has 30 heavy (non-hydrogen) atoms. The predicted molar refractivity (Wildman–Crippen MR) is 120 cm³/mol. The summed E-state index contributed by atoms with van der Waals surface area (Å²) < 4.78 is 8.30. The Balaban J connectivity index is 1.64. The van der Waals surface area contributed by atoms with Crippen molar-refractivity contribution in [3.8, 4) is 5.75 Å². The van der Waals surface area contributed by atoms with E-state index in [2.05, 4.69) is 28.5 Å². The van der Waals surface area contributed by atoms with Crippen LogP contribution in [0.5, 0.6) is 5.75 Å². The highest BCUT2D eigenvalue weighted by atomic mass is 35.5. The van der Waals surface area contributed by atoms with Gasteiger partial charge in [-0.2, -0.15) is 0 Å². The minimum atomic E-state index is -0.342. The molecule has 2 heterocycles. The normalized spacial score (nSPS) is 15.3. The van der Waals surface area contributed by atoms with Crippen LogP contribution >= 0.6 is 23.2 Å². The molecule has 0 spiro atoms. The van der Waals surface area contributed by atoms with Crippen molar-refractivity contribution in [2.75, 3.05) is 0 Å². The summed E-state index contributed by atoms with van der Waals surface area (Å²) in [6, 6.07) is 23.8. The van der Waals surface area contributed by atoms with E-state index in [0.29, 0.717) is 22.3 Å². The fourth-order valence-corrected chi connectivity index (χ4v) is 4.23. The van der Waals surface area contributed by atoms with Gasteiger partial charge in [0.05, 0.1) is 23.5 Å². The maximum Gasteiger partial charge on any atom is 0.151 e. The quantitative estimate of drug-likeness (QED) is 0.378. The fraction of sp³-hybridized carbons (Fsp3) is 0.0833. The first-order valence-corrected chi connectivity index (χ1v) is 10.3. The topological polar surface area (TPSA) is 39.9 Å². The fourth-order valence-electron chi connectivity index (χ4n) is 3.67. The molecule has 0 fully saturated rings. The highest BCUT2D eigenvalue weighted by molar-refractivity contribution is 6.36. The second kappa shape index (κ2) is 7.98. The average Bonchev–Trinajstić information content (AvgIpc) is 3.22. The van der Waals surface area contributed by atoms with Crippen LogP contribution < -0.4 is 4.74 Å². The second-order valence-corrected chi connectivity index (χ2v) is 7.92. The number of hydrogen-bond acceptors (Lipinski definition) is 3. The van der Waals surface area contributed by atoms with Crippen molar-refractivity contribution < 1.29 is 4.74 Å². The largest absolute Gasteiger partial charge is 0.479 e. The Hall–Kier alpha value is -3.08. The van der Waals surface area contributed by atoms with Crippen LogP contribution in [0, 0.1) is 0 Å². The van der Waals surface area contributed by atoms with Gasteiger partial charge in [0, 0.05) is 16.2 Å². The molecule has 4 aromatic rings. The van der Waals surface area contributed by atoms with Gasteiger partial charge in [0.2, 0.25) is 0 Å². The minimum absolute atomic E-state index is 0.342. The summed E-state index contributed by atoms with van der Waals surface area (Å²) >= 11 is 12.7. The molecule has 3 aromatic carbocycles. The smallest absolute Gasteiger partial charge is 0.151 e. The molecule has 1 aromatic heterocycles. The Labute approximate surface area is 184 Å². The molecular formula is C24H17Cl2N3O. The van der Waals surface area contributed by atoms with Crippen LogP contribution in [0.3, 0.4) is 0 Å². The number of ether oxygens (including phenoxy) is 1. The van der Waals surface area contributed by atoms with Gasteiger partial charge in [-0.05, 0) is 29.3 Å². The number of rotatable bonds is 4. The summed E-state index contributed by atoms with van der Waals surface area (Å²) in [4.78, 5) is 0. The van der Waals surface area contributed by atoms with Crippen LogP contribution in [0.4, 0.5) is 0 Å². The molecule has 0 saturated heterocycles. The standard InChI is InChI=1S/C24H17Cl2N3O/c25-19-11-18-12-20(22-14-27-28-29(22)15-16-7-3-1-4-8-16)23(17-9-5-2-6-10-17)30-24(18)21(26)13-19/h1-14,23H,15H2. The molecule has 0 aliphatic carbocycles. The summed E-state index contributed by atoms with van der Waals surface area (Å²) in [5.74, 6) is 0.626. The van der Waals surface area contributed by atoms with Gasteiger partial charge in [0.25, 0.3) is 0 Å². The lowest BCUT2D eigenvalue weighted by molar-refractivity contribution is 0.260. The first kappa shape index (κ1) is 18.9. The van der Waals surface area contributed by atoms with E-state index in [9.17, 15) is 0 Å². The highest BCUT2D eigenvalue weighted by Gasteiger charge is 2.29. The van der Waals surface area contributed by atoms with E-state index in [1.165, 1.54) is 0 Å². The molecule has 0 radical (unpaired) electrons. The zero-order valence-electron chi connectivity index (χ0n) is 15.9. The zero-order chi connectivity index (χ0) is 20.5. The van der Waals surface area contributed by atoms with Gasteiger partial charge < -0.3 is 4.74 Å². The molecule has 1 atom stereocenters. The number of aromatic nitrogens is 3. The Kier molecular flexibility index (Phi) is 5.03. The molecule has 1 unspecified atom stereocenters. The summed E-state index contributed by atoms with van der Waals surface area (Å²) in [6.45, 7) is 0.609. The molecule has 4 nitrogen and oxygen atoms in total. The van der Waals surface area contributed by atoms with E-state index in [0.717, 1.165) is 28.0 Å². The van der Waals surface area contributed by atoms with E-state index in [-0.39, 0.29) is 6.10 Å². The number of benzene rings is 3. The van der Waals surface area contributed by atoms with Crippen molar-refractivity contribution >= 4 is 34.9 Å². The van der Waals surface area contributed by atoms with E-state index < -0.39 is 0 Å². The number of halogens is 2. The van der Waals surface area contributed by atoms with Crippen molar-refractivity contribution in [2.45, 2.75) is 12.6 Å². The Morgan fingerprint density at radius 2 is 1.67 bits per heavy atom. The van der Waals surface area contributed by atoms with Crippen LogP contribution in [-0.4, -0.2) is 15.0 Å². The number of hydrogen-bond donors (Lipinski definition) is 0. The molecule has 1 aliphatic rings. The minimum Gasteiger partial charge on any atom is -0.479 e. The second-order valence-electron chi connectivity index (χ2n) is 7.08. The van der Waals surface area contributed by atoms with E-state index >= 15 is 0 Å². The molecule has 0 N–H and O–H groups in total. The maximum absolute atomic E-state index is 6.44. The lowest BCUT2D eigenvalue weighted by Crippen LogP contribution is -2.17. The average molecular weight is 434 g/mol. The summed E-state index contributed by atoms with van der Waals surface area (Å²) in [7, 11) is 0. The Bertz CT molecular complexity index is 1220. The van der Waals surface area contributed by atoms with Crippen LogP contribution in [0.15, 0.2) is 79.0 Å². The predicted octanol–water partition coefficient (Wildman–Crippen LogP) is 6.31. The van der Waals surface area contributed by atoms with Crippen LogP contribution in [0.2, 0.25) is 10.0 Å². The lowest BCUT2D eigenvalue weighted by atomic mass is 9.94. The van der Waals surface area contributed by atoms with Gasteiger partial charge in [-0.25, -0.2) is 4.68 Å². The Morgan fingerprint density at radius 3 is 2.43 bits per heavy atom. The molecule has 148 valence electrons.